The lowest BCUT2D eigenvalue weighted by atomic mass is 10.1. The van der Waals surface area contributed by atoms with Crippen LogP contribution in [0.1, 0.15) is 21.4 Å². The zero-order chi connectivity index (χ0) is 13.9. The predicted octanol–water partition coefficient (Wildman–Crippen LogP) is 2.96. The van der Waals surface area contributed by atoms with Crippen molar-refractivity contribution in [2.45, 2.75) is 6.17 Å². The van der Waals surface area contributed by atoms with Gasteiger partial charge in [-0.05, 0) is 23.6 Å². The van der Waals surface area contributed by atoms with Gasteiger partial charge in [-0.15, -0.1) is 11.3 Å². The van der Waals surface area contributed by atoms with Crippen LogP contribution in [0.4, 0.5) is 5.69 Å². The molecule has 4 nitrogen and oxygen atoms in total. The Morgan fingerprint density at radius 3 is 2.90 bits per heavy atom. The van der Waals surface area contributed by atoms with Crippen LogP contribution >= 0.6 is 11.3 Å². The standard InChI is InChI=1S/C15H16N2O2S/c1-19-9-8-17-14(13-7-4-10-20-13)16-12-6-3-2-5-11(12)15(17)18/h2-7,10,14,16H,8-9H2,1H3/t14-/m0/s1. The number of methoxy groups -OCH3 is 1. The fourth-order valence-corrected chi connectivity index (χ4v) is 3.17. The van der Waals surface area contributed by atoms with Gasteiger partial charge in [0.2, 0.25) is 0 Å². The first-order chi connectivity index (χ1) is 9.81. The first kappa shape index (κ1) is 13.1. The maximum Gasteiger partial charge on any atom is 0.257 e. The lowest BCUT2D eigenvalue weighted by molar-refractivity contribution is 0.0613. The number of benzene rings is 1. The van der Waals surface area contributed by atoms with E-state index in [0.717, 1.165) is 16.1 Å². The Bertz CT molecular complexity index is 598. The zero-order valence-corrected chi connectivity index (χ0v) is 12.0. The number of thiophene rings is 1. The highest BCUT2D eigenvalue weighted by molar-refractivity contribution is 7.10. The Hall–Kier alpha value is -1.85. The molecule has 0 radical (unpaired) electrons. The van der Waals surface area contributed by atoms with Crippen molar-refractivity contribution in [3.8, 4) is 0 Å². The molecule has 1 aromatic heterocycles. The highest BCUT2D eigenvalue weighted by Gasteiger charge is 2.32. The van der Waals surface area contributed by atoms with E-state index in [1.165, 1.54) is 0 Å². The Labute approximate surface area is 122 Å². The molecule has 1 aromatic carbocycles. The summed E-state index contributed by atoms with van der Waals surface area (Å²) >= 11 is 1.65. The second-order valence-electron chi connectivity index (χ2n) is 4.60. The van der Waals surface area contributed by atoms with E-state index in [1.807, 2.05) is 46.7 Å². The van der Waals surface area contributed by atoms with E-state index in [2.05, 4.69) is 5.32 Å². The van der Waals surface area contributed by atoms with E-state index in [0.29, 0.717) is 13.2 Å². The summed E-state index contributed by atoms with van der Waals surface area (Å²) in [7, 11) is 1.65. The van der Waals surface area contributed by atoms with Crippen LogP contribution in [-0.2, 0) is 4.74 Å². The average molecular weight is 288 g/mol. The maximum atomic E-state index is 12.7. The SMILES string of the molecule is COCCN1C(=O)c2ccccc2N[C@@H]1c1cccs1. The van der Waals surface area contributed by atoms with Gasteiger partial charge >= 0.3 is 0 Å². The number of rotatable bonds is 4. The molecule has 0 fully saturated rings. The minimum atomic E-state index is -0.118. The number of carbonyl (C=O) groups excluding carboxylic acids is 1. The fourth-order valence-electron chi connectivity index (χ4n) is 2.38. The summed E-state index contributed by atoms with van der Waals surface area (Å²) in [5.74, 6) is 0.0507. The topological polar surface area (TPSA) is 41.6 Å². The van der Waals surface area contributed by atoms with Crippen molar-refractivity contribution in [3.63, 3.8) is 0 Å². The van der Waals surface area contributed by atoms with E-state index in [-0.39, 0.29) is 12.1 Å². The summed E-state index contributed by atoms with van der Waals surface area (Å²) in [6.07, 6.45) is -0.118. The molecule has 0 unspecified atom stereocenters. The lowest BCUT2D eigenvalue weighted by Crippen LogP contribution is -2.44. The molecule has 0 spiro atoms. The Balaban J connectivity index is 1.98. The smallest absolute Gasteiger partial charge is 0.257 e. The van der Waals surface area contributed by atoms with Gasteiger partial charge in [0.1, 0.15) is 6.17 Å². The van der Waals surface area contributed by atoms with Gasteiger partial charge in [-0.25, -0.2) is 0 Å². The summed E-state index contributed by atoms with van der Waals surface area (Å²) in [5, 5.41) is 5.47. The van der Waals surface area contributed by atoms with Crippen LogP contribution in [0.2, 0.25) is 0 Å². The van der Waals surface area contributed by atoms with Crippen LogP contribution in [0.3, 0.4) is 0 Å². The van der Waals surface area contributed by atoms with Crippen molar-refractivity contribution < 1.29 is 9.53 Å². The molecule has 1 aliphatic rings. The van der Waals surface area contributed by atoms with Gasteiger partial charge in [-0.3, -0.25) is 4.79 Å². The minimum absolute atomic E-state index is 0.0507. The van der Waals surface area contributed by atoms with Crippen LogP contribution in [0.5, 0.6) is 0 Å². The Kier molecular flexibility index (Phi) is 3.71. The molecule has 5 heteroatoms. The number of nitrogens with one attached hydrogen (secondary N) is 1. The van der Waals surface area contributed by atoms with Crippen molar-refractivity contribution in [2.24, 2.45) is 0 Å². The molecule has 1 aliphatic heterocycles. The van der Waals surface area contributed by atoms with Crippen molar-refractivity contribution in [2.75, 3.05) is 25.6 Å². The van der Waals surface area contributed by atoms with Crippen LogP contribution in [0, 0.1) is 0 Å². The van der Waals surface area contributed by atoms with Gasteiger partial charge in [0, 0.05) is 24.2 Å². The van der Waals surface area contributed by atoms with Gasteiger partial charge in [0.05, 0.1) is 12.2 Å². The Morgan fingerprint density at radius 1 is 1.30 bits per heavy atom. The molecule has 2 heterocycles. The number of carbonyl (C=O) groups is 1. The summed E-state index contributed by atoms with van der Waals surface area (Å²) in [6, 6.07) is 11.7. The number of fused-ring (bicyclic) bond motifs is 1. The predicted molar refractivity (Wildman–Crippen MR) is 80.0 cm³/mol. The zero-order valence-electron chi connectivity index (χ0n) is 11.2. The highest BCUT2D eigenvalue weighted by Crippen LogP contribution is 2.34. The van der Waals surface area contributed by atoms with Crippen molar-refractivity contribution in [3.05, 3.63) is 52.2 Å². The number of hydrogen-bond acceptors (Lipinski definition) is 4. The minimum Gasteiger partial charge on any atom is -0.383 e. The molecular weight excluding hydrogens is 272 g/mol. The van der Waals surface area contributed by atoms with Gasteiger partial charge < -0.3 is 15.0 Å². The van der Waals surface area contributed by atoms with Gasteiger partial charge in [-0.2, -0.15) is 0 Å². The molecule has 0 bridgehead atoms. The second kappa shape index (κ2) is 5.64. The molecule has 1 amide bonds. The first-order valence-corrected chi connectivity index (χ1v) is 7.38. The molecule has 20 heavy (non-hydrogen) atoms. The highest BCUT2D eigenvalue weighted by atomic mass is 32.1. The summed E-state index contributed by atoms with van der Waals surface area (Å²) in [6.45, 7) is 1.09. The van der Waals surface area contributed by atoms with Crippen LogP contribution in [0.25, 0.3) is 0 Å². The van der Waals surface area contributed by atoms with Crippen LogP contribution in [-0.4, -0.2) is 31.1 Å². The number of amides is 1. The van der Waals surface area contributed by atoms with Gasteiger partial charge in [-0.1, -0.05) is 18.2 Å². The number of para-hydroxylation sites is 1. The van der Waals surface area contributed by atoms with E-state index >= 15 is 0 Å². The molecule has 1 N–H and O–H groups in total. The maximum absolute atomic E-state index is 12.7. The first-order valence-electron chi connectivity index (χ1n) is 6.50. The van der Waals surface area contributed by atoms with E-state index in [9.17, 15) is 4.79 Å². The molecule has 0 saturated heterocycles. The van der Waals surface area contributed by atoms with Crippen LogP contribution in [0.15, 0.2) is 41.8 Å². The molecule has 104 valence electrons. The third-order valence-electron chi connectivity index (χ3n) is 3.37. The van der Waals surface area contributed by atoms with Gasteiger partial charge in [0.15, 0.2) is 0 Å². The van der Waals surface area contributed by atoms with E-state index < -0.39 is 0 Å². The molecular formula is C15H16N2O2S. The summed E-state index contributed by atoms with van der Waals surface area (Å²) in [5.41, 5.74) is 1.61. The van der Waals surface area contributed by atoms with Crippen molar-refractivity contribution >= 4 is 22.9 Å². The number of anilines is 1. The molecule has 1 atom stereocenters. The quantitative estimate of drug-likeness (QED) is 0.940. The van der Waals surface area contributed by atoms with Crippen LogP contribution < -0.4 is 5.32 Å². The molecule has 0 aliphatic carbocycles. The fraction of sp³-hybridized carbons (Fsp3) is 0.267. The molecule has 3 rings (SSSR count). The normalized spacial score (nSPS) is 17.8. The number of ether oxygens (including phenoxy) is 1. The van der Waals surface area contributed by atoms with Crippen molar-refractivity contribution in [1.82, 2.24) is 4.90 Å². The largest absolute Gasteiger partial charge is 0.383 e. The Morgan fingerprint density at radius 2 is 2.15 bits per heavy atom. The number of nitrogens with zero attached hydrogens (tertiary/aromatic N) is 1. The summed E-state index contributed by atoms with van der Waals surface area (Å²) < 4.78 is 5.13. The third-order valence-corrected chi connectivity index (χ3v) is 4.30. The van der Waals surface area contributed by atoms with Gasteiger partial charge in [0.25, 0.3) is 5.91 Å². The molecule has 2 aromatic rings. The second-order valence-corrected chi connectivity index (χ2v) is 5.58. The van der Waals surface area contributed by atoms with E-state index in [4.69, 9.17) is 4.74 Å². The van der Waals surface area contributed by atoms with E-state index in [1.54, 1.807) is 18.4 Å². The van der Waals surface area contributed by atoms with Crippen molar-refractivity contribution in [1.29, 1.82) is 0 Å². The lowest BCUT2D eigenvalue weighted by Gasteiger charge is -2.37. The number of hydrogen-bond donors (Lipinski definition) is 1. The monoisotopic (exact) mass is 288 g/mol. The average Bonchev–Trinajstić information content (AvgIpc) is 3.00. The molecule has 0 saturated carbocycles. The summed E-state index contributed by atoms with van der Waals surface area (Å²) in [4.78, 5) is 15.6. The third kappa shape index (κ3) is 2.30.